The molecule has 1 amide bonds. The van der Waals surface area contributed by atoms with Gasteiger partial charge in [-0.25, -0.2) is 0 Å². The van der Waals surface area contributed by atoms with Gasteiger partial charge in [-0.1, -0.05) is 25.1 Å². The van der Waals surface area contributed by atoms with Gasteiger partial charge in [0.15, 0.2) is 0 Å². The lowest BCUT2D eigenvalue weighted by Crippen LogP contribution is -2.43. The van der Waals surface area contributed by atoms with Crippen LogP contribution in [0.5, 0.6) is 5.75 Å². The topological polar surface area (TPSA) is 62.4 Å². The number of rotatable bonds is 6. The molecule has 1 saturated heterocycles. The van der Waals surface area contributed by atoms with Gasteiger partial charge in [0, 0.05) is 18.3 Å². The Kier molecular flexibility index (Phi) is 5.78. The van der Waals surface area contributed by atoms with Crippen molar-refractivity contribution in [1.29, 1.82) is 0 Å². The van der Waals surface area contributed by atoms with Gasteiger partial charge in [-0.2, -0.15) is 0 Å². The first-order valence-electron chi connectivity index (χ1n) is 9.09. The van der Waals surface area contributed by atoms with Crippen LogP contribution in [0.25, 0.3) is 0 Å². The molecule has 0 radical (unpaired) electrons. The number of benzene rings is 2. The molecular formula is C21H27N3O2. The molecule has 0 atom stereocenters. The van der Waals surface area contributed by atoms with E-state index in [9.17, 15) is 4.79 Å². The van der Waals surface area contributed by atoms with Gasteiger partial charge in [-0.3, -0.25) is 4.79 Å². The highest BCUT2D eigenvalue weighted by Gasteiger charge is 2.27. The predicted molar refractivity (Wildman–Crippen MR) is 105 cm³/mol. The van der Waals surface area contributed by atoms with Crippen molar-refractivity contribution in [2.75, 3.05) is 32.1 Å². The standard InChI is InChI=1S/C21H27N3O2/c1-21(10-12-22-13-11-21)15-23-20(25)18-8-3-4-9-19(18)24-16-6-5-7-17(14-16)26-2/h3-9,14,22,24H,10-13,15H2,1-2H3,(H,23,25). The zero-order valence-corrected chi connectivity index (χ0v) is 15.5. The molecule has 1 heterocycles. The summed E-state index contributed by atoms with van der Waals surface area (Å²) < 4.78 is 5.26. The molecule has 1 aliphatic rings. The van der Waals surface area contributed by atoms with Gasteiger partial charge < -0.3 is 20.7 Å². The third kappa shape index (κ3) is 4.55. The maximum atomic E-state index is 12.8. The zero-order valence-electron chi connectivity index (χ0n) is 15.5. The number of anilines is 2. The first-order valence-corrected chi connectivity index (χ1v) is 9.09. The zero-order chi connectivity index (χ0) is 18.4. The van der Waals surface area contributed by atoms with E-state index in [2.05, 4.69) is 22.9 Å². The Morgan fingerprint density at radius 2 is 1.92 bits per heavy atom. The van der Waals surface area contributed by atoms with Crippen LogP contribution in [-0.2, 0) is 0 Å². The lowest BCUT2D eigenvalue weighted by molar-refractivity contribution is 0.0923. The molecule has 0 spiro atoms. The first-order chi connectivity index (χ1) is 12.6. The van der Waals surface area contributed by atoms with Gasteiger partial charge in [-0.15, -0.1) is 0 Å². The molecule has 2 aromatic carbocycles. The van der Waals surface area contributed by atoms with E-state index in [4.69, 9.17) is 4.74 Å². The number of piperidine rings is 1. The highest BCUT2D eigenvalue weighted by Crippen LogP contribution is 2.28. The highest BCUT2D eigenvalue weighted by atomic mass is 16.5. The van der Waals surface area contributed by atoms with Crippen LogP contribution in [0.15, 0.2) is 48.5 Å². The van der Waals surface area contributed by atoms with E-state index in [1.54, 1.807) is 7.11 Å². The van der Waals surface area contributed by atoms with Gasteiger partial charge in [-0.05, 0) is 55.6 Å². The molecule has 0 bridgehead atoms. The van der Waals surface area contributed by atoms with Crippen molar-refractivity contribution < 1.29 is 9.53 Å². The fraction of sp³-hybridized carbons (Fsp3) is 0.381. The molecule has 0 unspecified atom stereocenters. The van der Waals surface area contributed by atoms with Crippen LogP contribution < -0.4 is 20.7 Å². The molecule has 26 heavy (non-hydrogen) atoms. The van der Waals surface area contributed by atoms with Crippen molar-refractivity contribution in [3.8, 4) is 5.75 Å². The fourth-order valence-corrected chi connectivity index (χ4v) is 3.24. The molecule has 1 aliphatic heterocycles. The molecule has 1 fully saturated rings. The predicted octanol–water partition coefficient (Wildman–Crippen LogP) is 3.56. The van der Waals surface area contributed by atoms with Gasteiger partial charge in [0.05, 0.1) is 18.4 Å². The number of methoxy groups -OCH3 is 1. The number of nitrogens with one attached hydrogen (secondary N) is 3. The molecular weight excluding hydrogens is 326 g/mol. The quantitative estimate of drug-likeness (QED) is 0.743. The van der Waals surface area contributed by atoms with Crippen LogP contribution in [0.4, 0.5) is 11.4 Å². The van der Waals surface area contributed by atoms with E-state index in [-0.39, 0.29) is 11.3 Å². The van der Waals surface area contributed by atoms with Gasteiger partial charge in [0.25, 0.3) is 5.91 Å². The summed E-state index contributed by atoms with van der Waals surface area (Å²) in [4.78, 5) is 12.8. The number of ether oxygens (including phenoxy) is 1. The average Bonchev–Trinajstić information content (AvgIpc) is 2.67. The molecule has 3 N–H and O–H groups in total. The van der Waals surface area contributed by atoms with Crippen molar-refractivity contribution in [2.45, 2.75) is 19.8 Å². The molecule has 0 saturated carbocycles. The second kappa shape index (κ2) is 8.23. The number of carbonyl (C=O) groups is 1. The first kappa shape index (κ1) is 18.3. The number of hydrogen-bond acceptors (Lipinski definition) is 4. The van der Waals surface area contributed by atoms with Crippen molar-refractivity contribution in [3.63, 3.8) is 0 Å². The van der Waals surface area contributed by atoms with E-state index in [0.29, 0.717) is 12.1 Å². The summed E-state index contributed by atoms with van der Waals surface area (Å²) in [7, 11) is 1.64. The van der Waals surface area contributed by atoms with Crippen molar-refractivity contribution >= 4 is 17.3 Å². The normalized spacial score (nSPS) is 15.9. The van der Waals surface area contributed by atoms with Crippen LogP contribution in [0.1, 0.15) is 30.1 Å². The summed E-state index contributed by atoms with van der Waals surface area (Å²) >= 11 is 0. The molecule has 2 aromatic rings. The summed E-state index contributed by atoms with van der Waals surface area (Å²) in [6.07, 6.45) is 2.16. The van der Waals surface area contributed by atoms with Crippen LogP contribution >= 0.6 is 0 Å². The van der Waals surface area contributed by atoms with Crippen LogP contribution in [-0.4, -0.2) is 32.7 Å². The van der Waals surface area contributed by atoms with Crippen molar-refractivity contribution in [1.82, 2.24) is 10.6 Å². The second-order valence-corrected chi connectivity index (χ2v) is 7.15. The Morgan fingerprint density at radius 3 is 2.69 bits per heavy atom. The van der Waals surface area contributed by atoms with Crippen LogP contribution in [0.3, 0.4) is 0 Å². The molecule has 0 aliphatic carbocycles. The minimum Gasteiger partial charge on any atom is -0.497 e. The summed E-state index contributed by atoms with van der Waals surface area (Å²) in [6, 6.07) is 15.2. The molecule has 5 heteroatoms. The molecule has 3 rings (SSSR count). The van der Waals surface area contributed by atoms with Crippen molar-refractivity contribution in [2.24, 2.45) is 5.41 Å². The van der Waals surface area contributed by atoms with E-state index >= 15 is 0 Å². The summed E-state index contributed by atoms with van der Waals surface area (Å²) in [5.74, 6) is 0.728. The molecule has 138 valence electrons. The molecule has 0 aromatic heterocycles. The summed E-state index contributed by atoms with van der Waals surface area (Å²) in [5.41, 5.74) is 2.48. The minimum absolute atomic E-state index is 0.0456. The lowest BCUT2D eigenvalue weighted by atomic mass is 9.81. The largest absolute Gasteiger partial charge is 0.497 e. The average molecular weight is 353 g/mol. The lowest BCUT2D eigenvalue weighted by Gasteiger charge is -2.34. The van der Waals surface area contributed by atoms with Gasteiger partial charge >= 0.3 is 0 Å². The number of carbonyl (C=O) groups excluding carboxylic acids is 1. The SMILES string of the molecule is COc1cccc(Nc2ccccc2C(=O)NCC2(C)CCNCC2)c1. The van der Waals surface area contributed by atoms with E-state index < -0.39 is 0 Å². The third-order valence-electron chi connectivity index (χ3n) is 5.01. The van der Waals surface area contributed by atoms with Crippen molar-refractivity contribution in [3.05, 3.63) is 54.1 Å². The fourth-order valence-electron chi connectivity index (χ4n) is 3.24. The Hall–Kier alpha value is -2.53. The van der Waals surface area contributed by atoms with E-state index in [0.717, 1.165) is 43.1 Å². The van der Waals surface area contributed by atoms with E-state index in [1.807, 2.05) is 48.5 Å². The molecule has 5 nitrogen and oxygen atoms in total. The Bertz CT molecular complexity index is 754. The van der Waals surface area contributed by atoms with E-state index in [1.165, 1.54) is 0 Å². The number of amides is 1. The third-order valence-corrected chi connectivity index (χ3v) is 5.01. The maximum Gasteiger partial charge on any atom is 0.253 e. The second-order valence-electron chi connectivity index (χ2n) is 7.15. The summed E-state index contributed by atoms with van der Waals surface area (Å²) in [5, 5.41) is 9.82. The van der Waals surface area contributed by atoms with Crippen LogP contribution in [0, 0.1) is 5.41 Å². The number of hydrogen-bond donors (Lipinski definition) is 3. The number of para-hydroxylation sites is 1. The summed E-state index contributed by atoms with van der Waals surface area (Å²) in [6.45, 7) is 4.97. The van der Waals surface area contributed by atoms with Gasteiger partial charge in [0.1, 0.15) is 5.75 Å². The Balaban J connectivity index is 1.70. The van der Waals surface area contributed by atoms with Gasteiger partial charge in [0.2, 0.25) is 0 Å². The monoisotopic (exact) mass is 353 g/mol. The smallest absolute Gasteiger partial charge is 0.253 e. The highest BCUT2D eigenvalue weighted by molar-refractivity contribution is 6.00. The maximum absolute atomic E-state index is 12.8. The Labute approximate surface area is 155 Å². The van der Waals surface area contributed by atoms with Crippen LogP contribution in [0.2, 0.25) is 0 Å². The Morgan fingerprint density at radius 1 is 1.15 bits per heavy atom. The minimum atomic E-state index is -0.0456.